The maximum atomic E-state index is 12.6. The molecule has 0 saturated carbocycles. The smallest absolute Gasteiger partial charge is 0.302 e. The second kappa shape index (κ2) is 11.0. The van der Waals surface area contributed by atoms with E-state index in [2.05, 4.69) is 26.6 Å². The van der Waals surface area contributed by atoms with Crippen molar-refractivity contribution in [3.05, 3.63) is 75.9 Å². The minimum Gasteiger partial charge on any atom is -0.466 e. The Morgan fingerprint density at radius 3 is 2.36 bits per heavy atom. The summed E-state index contributed by atoms with van der Waals surface area (Å²) in [5.74, 6) is -1.17. The standard InChI is InChI=1S/C21H21BrN2O4/c1-15(25)28-13-5-12-23-21(27)19(14-16-6-3-2-4-7-16)24-20(26)17-8-10-18(22)11-9-17/h2-4,6-11,14H,5,12-13H2,1H3,(H,23,27)(H,24,26)/b19-14+. The SMILES string of the molecule is CC(=O)OCCCNC(=O)/C(=C\c1ccccc1)NC(=O)c1ccc(Br)cc1. The molecule has 7 heteroatoms. The maximum Gasteiger partial charge on any atom is 0.302 e. The number of hydrogen-bond acceptors (Lipinski definition) is 4. The van der Waals surface area contributed by atoms with E-state index in [9.17, 15) is 14.4 Å². The van der Waals surface area contributed by atoms with Crippen LogP contribution in [0.3, 0.4) is 0 Å². The molecule has 146 valence electrons. The van der Waals surface area contributed by atoms with Gasteiger partial charge in [0.25, 0.3) is 11.8 Å². The van der Waals surface area contributed by atoms with E-state index in [4.69, 9.17) is 4.74 Å². The lowest BCUT2D eigenvalue weighted by molar-refractivity contribution is -0.140. The highest BCUT2D eigenvalue weighted by Gasteiger charge is 2.14. The highest BCUT2D eigenvalue weighted by Crippen LogP contribution is 2.11. The van der Waals surface area contributed by atoms with Gasteiger partial charge in [0.2, 0.25) is 0 Å². The van der Waals surface area contributed by atoms with Crippen LogP contribution in [0.1, 0.15) is 29.3 Å². The number of carbonyl (C=O) groups excluding carboxylic acids is 3. The van der Waals surface area contributed by atoms with E-state index in [1.807, 2.05) is 30.3 Å². The second-order valence-electron chi connectivity index (χ2n) is 5.88. The largest absolute Gasteiger partial charge is 0.466 e. The number of halogens is 1. The minimum atomic E-state index is -0.419. The zero-order valence-electron chi connectivity index (χ0n) is 15.4. The predicted octanol–water partition coefficient (Wildman–Crippen LogP) is 3.29. The molecule has 0 aliphatic rings. The first kappa shape index (κ1) is 21.4. The van der Waals surface area contributed by atoms with E-state index in [1.54, 1.807) is 30.3 Å². The van der Waals surface area contributed by atoms with Gasteiger partial charge < -0.3 is 15.4 Å². The van der Waals surface area contributed by atoms with Gasteiger partial charge in [0, 0.05) is 23.5 Å². The van der Waals surface area contributed by atoms with Gasteiger partial charge in [-0.2, -0.15) is 0 Å². The molecule has 2 rings (SSSR count). The van der Waals surface area contributed by atoms with E-state index in [0.717, 1.165) is 10.0 Å². The molecule has 0 aliphatic heterocycles. The molecule has 0 heterocycles. The van der Waals surface area contributed by atoms with Crippen LogP contribution in [-0.2, 0) is 14.3 Å². The first-order chi connectivity index (χ1) is 13.5. The van der Waals surface area contributed by atoms with Gasteiger partial charge in [-0.25, -0.2) is 0 Å². The van der Waals surface area contributed by atoms with Gasteiger partial charge in [0.1, 0.15) is 5.70 Å². The Kier molecular flexibility index (Phi) is 8.42. The molecule has 2 amide bonds. The maximum absolute atomic E-state index is 12.6. The molecule has 0 saturated heterocycles. The lowest BCUT2D eigenvalue weighted by Crippen LogP contribution is -2.35. The van der Waals surface area contributed by atoms with Crippen LogP contribution in [0.5, 0.6) is 0 Å². The van der Waals surface area contributed by atoms with Crippen molar-refractivity contribution in [3.8, 4) is 0 Å². The average Bonchev–Trinajstić information content (AvgIpc) is 2.68. The normalized spacial score (nSPS) is 10.9. The van der Waals surface area contributed by atoms with Crippen molar-refractivity contribution in [2.75, 3.05) is 13.2 Å². The van der Waals surface area contributed by atoms with Crippen molar-refractivity contribution in [2.45, 2.75) is 13.3 Å². The number of ether oxygens (including phenoxy) is 1. The number of nitrogens with one attached hydrogen (secondary N) is 2. The molecule has 0 spiro atoms. The van der Waals surface area contributed by atoms with Crippen molar-refractivity contribution in [3.63, 3.8) is 0 Å². The number of hydrogen-bond donors (Lipinski definition) is 2. The van der Waals surface area contributed by atoms with Crippen LogP contribution in [-0.4, -0.2) is 30.9 Å². The van der Waals surface area contributed by atoms with Crippen LogP contribution in [0.25, 0.3) is 6.08 Å². The lowest BCUT2D eigenvalue weighted by Gasteiger charge is -2.11. The third kappa shape index (κ3) is 7.36. The summed E-state index contributed by atoms with van der Waals surface area (Å²) in [5, 5.41) is 5.39. The molecule has 0 aliphatic carbocycles. The molecule has 0 radical (unpaired) electrons. The Labute approximate surface area is 172 Å². The average molecular weight is 445 g/mol. The lowest BCUT2D eigenvalue weighted by atomic mass is 10.1. The Morgan fingerprint density at radius 2 is 1.71 bits per heavy atom. The fraction of sp³-hybridized carbons (Fsp3) is 0.190. The quantitative estimate of drug-likeness (QED) is 0.371. The number of benzene rings is 2. The predicted molar refractivity (Wildman–Crippen MR) is 110 cm³/mol. The van der Waals surface area contributed by atoms with Crippen LogP contribution in [0.2, 0.25) is 0 Å². The van der Waals surface area contributed by atoms with Crippen LogP contribution in [0.4, 0.5) is 0 Å². The van der Waals surface area contributed by atoms with E-state index in [0.29, 0.717) is 18.5 Å². The summed E-state index contributed by atoms with van der Waals surface area (Å²) in [6.45, 7) is 1.86. The summed E-state index contributed by atoms with van der Waals surface area (Å²) in [5.41, 5.74) is 1.35. The van der Waals surface area contributed by atoms with Crippen LogP contribution >= 0.6 is 15.9 Å². The summed E-state index contributed by atoms with van der Waals surface area (Å²) in [7, 11) is 0. The molecule has 0 unspecified atom stereocenters. The Balaban J connectivity index is 2.07. The Hall–Kier alpha value is -2.93. The summed E-state index contributed by atoms with van der Waals surface area (Å²) >= 11 is 3.32. The highest BCUT2D eigenvalue weighted by atomic mass is 79.9. The minimum absolute atomic E-state index is 0.131. The number of amides is 2. The zero-order chi connectivity index (χ0) is 20.4. The van der Waals surface area contributed by atoms with Gasteiger partial charge in [-0.05, 0) is 42.3 Å². The van der Waals surface area contributed by atoms with Crippen molar-refractivity contribution in [1.29, 1.82) is 0 Å². The highest BCUT2D eigenvalue weighted by molar-refractivity contribution is 9.10. The molecule has 2 aromatic rings. The first-order valence-electron chi connectivity index (χ1n) is 8.71. The Morgan fingerprint density at radius 1 is 1.04 bits per heavy atom. The van der Waals surface area contributed by atoms with E-state index in [-0.39, 0.29) is 24.2 Å². The number of rotatable bonds is 8. The van der Waals surface area contributed by atoms with Gasteiger partial charge in [-0.3, -0.25) is 14.4 Å². The molecule has 0 aromatic heterocycles. The van der Waals surface area contributed by atoms with E-state index < -0.39 is 5.91 Å². The fourth-order valence-electron chi connectivity index (χ4n) is 2.26. The van der Waals surface area contributed by atoms with Crippen molar-refractivity contribution >= 4 is 39.8 Å². The van der Waals surface area contributed by atoms with Crippen LogP contribution in [0, 0.1) is 0 Å². The third-order valence-electron chi connectivity index (χ3n) is 3.62. The van der Waals surface area contributed by atoms with Crippen molar-refractivity contribution in [1.82, 2.24) is 10.6 Å². The molecular weight excluding hydrogens is 424 g/mol. The molecule has 2 aromatic carbocycles. The van der Waals surface area contributed by atoms with Gasteiger partial charge in [0.05, 0.1) is 6.61 Å². The van der Waals surface area contributed by atoms with E-state index in [1.165, 1.54) is 6.92 Å². The molecule has 6 nitrogen and oxygen atoms in total. The number of esters is 1. The molecule has 2 N–H and O–H groups in total. The summed E-state index contributed by atoms with van der Waals surface area (Å²) in [4.78, 5) is 35.8. The molecule has 0 bridgehead atoms. The van der Waals surface area contributed by atoms with Gasteiger partial charge >= 0.3 is 5.97 Å². The Bertz CT molecular complexity index is 848. The van der Waals surface area contributed by atoms with Crippen molar-refractivity contribution in [2.24, 2.45) is 0 Å². The summed E-state index contributed by atoms with van der Waals surface area (Å²) in [6, 6.07) is 16.1. The molecule has 0 fully saturated rings. The van der Waals surface area contributed by atoms with Gasteiger partial charge in [-0.15, -0.1) is 0 Å². The number of carbonyl (C=O) groups is 3. The third-order valence-corrected chi connectivity index (χ3v) is 4.15. The topological polar surface area (TPSA) is 84.5 Å². The van der Waals surface area contributed by atoms with Gasteiger partial charge in [-0.1, -0.05) is 46.3 Å². The molecule has 0 atom stereocenters. The monoisotopic (exact) mass is 444 g/mol. The van der Waals surface area contributed by atoms with E-state index >= 15 is 0 Å². The zero-order valence-corrected chi connectivity index (χ0v) is 17.0. The summed E-state index contributed by atoms with van der Waals surface area (Å²) < 4.78 is 5.69. The molecule has 28 heavy (non-hydrogen) atoms. The second-order valence-corrected chi connectivity index (χ2v) is 6.79. The first-order valence-corrected chi connectivity index (χ1v) is 9.50. The molecular formula is C21H21BrN2O4. The fourth-order valence-corrected chi connectivity index (χ4v) is 2.52. The van der Waals surface area contributed by atoms with Gasteiger partial charge in [0.15, 0.2) is 0 Å². The van der Waals surface area contributed by atoms with Crippen LogP contribution < -0.4 is 10.6 Å². The van der Waals surface area contributed by atoms with Crippen molar-refractivity contribution < 1.29 is 19.1 Å². The summed E-state index contributed by atoms with van der Waals surface area (Å²) in [6.07, 6.45) is 2.09. The van der Waals surface area contributed by atoms with Crippen LogP contribution in [0.15, 0.2) is 64.8 Å².